The van der Waals surface area contributed by atoms with Crippen LogP contribution in [0.15, 0.2) is 60.8 Å². The molecule has 0 aliphatic heterocycles. The Kier molecular flexibility index (Phi) is 2.16. The third kappa shape index (κ3) is 1.49. The molecule has 0 fully saturated rings. The van der Waals surface area contributed by atoms with Gasteiger partial charge in [-0.05, 0) is 23.8 Å². The topological polar surface area (TPSA) is 28.2 Å². The molecule has 0 bridgehead atoms. The molecule has 2 nitrogen and oxygen atoms in total. The molecule has 0 aliphatic rings. The number of fused-ring (bicyclic) bond motifs is 1. The van der Waals surface area contributed by atoms with Gasteiger partial charge in [0, 0.05) is 17.3 Å². The van der Waals surface area contributed by atoms with Gasteiger partial charge < -0.3 is 4.40 Å². The molecule has 0 N–H and O–H groups in total. The first-order chi connectivity index (χ1) is 8.40. The van der Waals surface area contributed by atoms with Gasteiger partial charge in [0.15, 0.2) is 0 Å². The quantitative estimate of drug-likeness (QED) is 0.614. The molecule has 0 radical (unpaired) electrons. The standard InChI is InChI=1S/C15H10N2/c16-11-15-14(12-6-2-1-3-7-12)10-13-8-4-5-9-17(13)15/h1-10H. The Balaban J connectivity index is 2.35. The van der Waals surface area contributed by atoms with Gasteiger partial charge in [0.25, 0.3) is 0 Å². The van der Waals surface area contributed by atoms with Crippen LogP contribution in [0.1, 0.15) is 5.69 Å². The first-order valence-electron chi connectivity index (χ1n) is 5.46. The fourth-order valence-electron chi connectivity index (χ4n) is 2.08. The van der Waals surface area contributed by atoms with Crippen molar-refractivity contribution >= 4 is 5.52 Å². The molecular weight excluding hydrogens is 208 g/mol. The zero-order valence-electron chi connectivity index (χ0n) is 9.17. The van der Waals surface area contributed by atoms with Crippen LogP contribution in [0, 0.1) is 11.3 Å². The van der Waals surface area contributed by atoms with Crippen LogP contribution < -0.4 is 0 Å². The lowest BCUT2D eigenvalue weighted by Gasteiger charge is -1.98. The SMILES string of the molecule is N#Cc1c(-c2ccccc2)cc2ccccn12. The summed E-state index contributed by atoms with van der Waals surface area (Å²) in [6.07, 6.45) is 1.92. The summed E-state index contributed by atoms with van der Waals surface area (Å²) in [6, 6.07) is 20.2. The maximum absolute atomic E-state index is 9.30. The summed E-state index contributed by atoms with van der Waals surface area (Å²) in [5.41, 5.74) is 3.79. The third-order valence-corrected chi connectivity index (χ3v) is 2.87. The van der Waals surface area contributed by atoms with E-state index in [1.54, 1.807) is 0 Å². The van der Waals surface area contributed by atoms with Crippen molar-refractivity contribution in [1.29, 1.82) is 5.26 Å². The summed E-state index contributed by atoms with van der Waals surface area (Å²) >= 11 is 0. The number of hydrogen-bond donors (Lipinski definition) is 0. The van der Waals surface area contributed by atoms with Gasteiger partial charge in [-0.15, -0.1) is 0 Å². The highest BCUT2D eigenvalue weighted by Gasteiger charge is 2.10. The predicted molar refractivity (Wildman–Crippen MR) is 67.5 cm³/mol. The molecule has 0 unspecified atom stereocenters. The highest BCUT2D eigenvalue weighted by molar-refractivity contribution is 5.76. The van der Waals surface area contributed by atoms with E-state index in [0.29, 0.717) is 5.69 Å². The Morgan fingerprint density at radius 1 is 0.941 bits per heavy atom. The van der Waals surface area contributed by atoms with E-state index in [1.807, 2.05) is 65.2 Å². The van der Waals surface area contributed by atoms with Crippen LogP contribution in [-0.2, 0) is 0 Å². The van der Waals surface area contributed by atoms with Crippen LogP contribution in [0.25, 0.3) is 16.6 Å². The molecule has 3 rings (SSSR count). The zero-order valence-corrected chi connectivity index (χ0v) is 9.17. The van der Waals surface area contributed by atoms with Gasteiger partial charge in [-0.3, -0.25) is 0 Å². The van der Waals surface area contributed by atoms with Crippen molar-refractivity contribution in [3.8, 4) is 17.2 Å². The minimum Gasteiger partial charge on any atom is -0.308 e. The van der Waals surface area contributed by atoms with Crippen molar-refractivity contribution in [1.82, 2.24) is 4.40 Å². The van der Waals surface area contributed by atoms with Crippen molar-refractivity contribution in [2.75, 3.05) is 0 Å². The molecule has 17 heavy (non-hydrogen) atoms. The molecule has 2 heterocycles. The fraction of sp³-hybridized carbons (Fsp3) is 0. The van der Waals surface area contributed by atoms with Crippen molar-refractivity contribution in [3.05, 3.63) is 66.5 Å². The zero-order chi connectivity index (χ0) is 11.7. The molecule has 80 valence electrons. The van der Waals surface area contributed by atoms with E-state index in [0.717, 1.165) is 16.6 Å². The number of pyridine rings is 1. The smallest absolute Gasteiger partial charge is 0.132 e. The second-order valence-corrected chi connectivity index (χ2v) is 3.88. The van der Waals surface area contributed by atoms with Crippen LogP contribution >= 0.6 is 0 Å². The normalized spacial score (nSPS) is 10.3. The van der Waals surface area contributed by atoms with E-state index < -0.39 is 0 Å². The minimum atomic E-state index is 0.687. The molecule has 0 saturated carbocycles. The summed E-state index contributed by atoms with van der Waals surface area (Å²) in [5.74, 6) is 0. The van der Waals surface area contributed by atoms with E-state index in [2.05, 4.69) is 6.07 Å². The van der Waals surface area contributed by atoms with Crippen LogP contribution in [0.4, 0.5) is 0 Å². The Hall–Kier alpha value is -2.53. The number of nitrogens with zero attached hydrogens (tertiary/aromatic N) is 2. The Morgan fingerprint density at radius 3 is 2.47 bits per heavy atom. The summed E-state index contributed by atoms with van der Waals surface area (Å²) in [7, 11) is 0. The molecule has 0 aliphatic carbocycles. The largest absolute Gasteiger partial charge is 0.308 e. The van der Waals surface area contributed by atoms with Gasteiger partial charge in [-0.2, -0.15) is 5.26 Å². The molecule has 0 atom stereocenters. The minimum absolute atomic E-state index is 0.687. The van der Waals surface area contributed by atoms with E-state index >= 15 is 0 Å². The monoisotopic (exact) mass is 218 g/mol. The number of benzene rings is 1. The number of nitriles is 1. The second-order valence-electron chi connectivity index (χ2n) is 3.88. The highest BCUT2D eigenvalue weighted by atomic mass is 14.9. The maximum atomic E-state index is 9.30. The molecule has 1 aromatic carbocycles. The molecular formula is C15H10N2. The fourth-order valence-corrected chi connectivity index (χ4v) is 2.08. The van der Waals surface area contributed by atoms with Gasteiger partial charge in [0.05, 0.1) is 0 Å². The van der Waals surface area contributed by atoms with Crippen molar-refractivity contribution in [2.45, 2.75) is 0 Å². The van der Waals surface area contributed by atoms with Crippen molar-refractivity contribution in [2.24, 2.45) is 0 Å². The number of aromatic nitrogens is 1. The van der Waals surface area contributed by atoms with Crippen LogP contribution in [-0.4, -0.2) is 4.40 Å². The predicted octanol–water partition coefficient (Wildman–Crippen LogP) is 3.48. The summed E-state index contributed by atoms with van der Waals surface area (Å²) in [4.78, 5) is 0. The Labute approximate surface area is 99.4 Å². The van der Waals surface area contributed by atoms with Gasteiger partial charge in [-0.25, -0.2) is 0 Å². The van der Waals surface area contributed by atoms with E-state index in [-0.39, 0.29) is 0 Å². The molecule has 2 heteroatoms. The summed E-state index contributed by atoms with van der Waals surface area (Å²) in [5, 5.41) is 9.30. The maximum Gasteiger partial charge on any atom is 0.132 e. The first kappa shape index (κ1) is 9.68. The Bertz CT molecular complexity index is 703. The van der Waals surface area contributed by atoms with E-state index in [1.165, 1.54) is 0 Å². The molecule has 0 amide bonds. The lowest BCUT2D eigenvalue weighted by atomic mass is 10.1. The van der Waals surface area contributed by atoms with Crippen molar-refractivity contribution < 1.29 is 0 Å². The van der Waals surface area contributed by atoms with Gasteiger partial charge in [-0.1, -0.05) is 36.4 Å². The Morgan fingerprint density at radius 2 is 1.71 bits per heavy atom. The van der Waals surface area contributed by atoms with E-state index in [9.17, 15) is 5.26 Å². The van der Waals surface area contributed by atoms with Crippen LogP contribution in [0.2, 0.25) is 0 Å². The van der Waals surface area contributed by atoms with Gasteiger partial charge in [0.1, 0.15) is 11.8 Å². The molecule has 2 aromatic heterocycles. The molecule has 0 spiro atoms. The van der Waals surface area contributed by atoms with Gasteiger partial charge in [0.2, 0.25) is 0 Å². The molecule has 0 saturated heterocycles. The van der Waals surface area contributed by atoms with Gasteiger partial charge >= 0.3 is 0 Å². The average molecular weight is 218 g/mol. The molecule has 3 aromatic rings. The lowest BCUT2D eigenvalue weighted by Crippen LogP contribution is -1.87. The summed E-state index contributed by atoms with van der Waals surface area (Å²) < 4.78 is 1.92. The van der Waals surface area contributed by atoms with Crippen LogP contribution in [0.5, 0.6) is 0 Å². The number of rotatable bonds is 1. The lowest BCUT2D eigenvalue weighted by molar-refractivity contribution is 1.16. The number of hydrogen-bond acceptors (Lipinski definition) is 1. The first-order valence-corrected chi connectivity index (χ1v) is 5.46. The van der Waals surface area contributed by atoms with Crippen LogP contribution in [0.3, 0.4) is 0 Å². The van der Waals surface area contributed by atoms with Crippen molar-refractivity contribution in [3.63, 3.8) is 0 Å². The summed E-state index contributed by atoms with van der Waals surface area (Å²) in [6.45, 7) is 0. The third-order valence-electron chi connectivity index (χ3n) is 2.87. The second kappa shape index (κ2) is 3.80. The highest BCUT2D eigenvalue weighted by Crippen LogP contribution is 2.26. The average Bonchev–Trinajstić information content (AvgIpc) is 2.78. The van der Waals surface area contributed by atoms with E-state index in [4.69, 9.17) is 0 Å².